The molecule has 9 heteroatoms. The molecule has 0 aromatic heterocycles. The lowest BCUT2D eigenvalue weighted by molar-refractivity contribution is -0.137. The van der Waals surface area contributed by atoms with Crippen LogP contribution in [0.4, 0.5) is 30.2 Å². The molecule has 0 aliphatic rings. The molecule has 0 bridgehead atoms. The van der Waals surface area contributed by atoms with Crippen molar-refractivity contribution in [2.45, 2.75) is 26.9 Å². The van der Waals surface area contributed by atoms with Gasteiger partial charge in [-0.2, -0.15) is 28.1 Å². The van der Waals surface area contributed by atoms with Gasteiger partial charge in [0.25, 0.3) is 0 Å². The highest BCUT2D eigenvalue weighted by Gasteiger charge is 2.33. The molecule has 34 heavy (non-hydrogen) atoms. The van der Waals surface area contributed by atoms with Gasteiger partial charge in [-0.15, -0.1) is 0 Å². The first-order valence-electron chi connectivity index (χ1n) is 9.67. The van der Waals surface area contributed by atoms with Gasteiger partial charge in [0.15, 0.2) is 0 Å². The number of nitrogens with zero attached hydrogens (tertiary/aromatic N) is 3. The predicted molar refractivity (Wildman–Crippen MR) is 122 cm³/mol. The van der Waals surface area contributed by atoms with Crippen LogP contribution in [-0.2, 0) is 20.6 Å². The molecule has 3 aromatic carbocycles. The van der Waals surface area contributed by atoms with Crippen LogP contribution in [0.1, 0.15) is 22.3 Å². The average molecular weight is 467 g/mol. The molecule has 0 atom stereocenters. The van der Waals surface area contributed by atoms with Gasteiger partial charge in [-0.05, 0) is 55.7 Å². The lowest BCUT2D eigenvalue weighted by Gasteiger charge is -2.07. The van der Waals surface area contributed by atoms with E-state index >= 15 is 0 Å². The van der Waals surface area contributed by atoms with Crippen molar-refractivity contribution in [2.75, 3.05) is 0 Å². The third-order valence-corrected chi connectivity index (χ3v) is 4.25. The summed E-state index contributed by atoms with van der Waals surface area (Å²) in [5.41, 5.74) is 3.09. The summed E-state index contributed by atoms with van der Waals surface area (Å²) in [6, 6.07) is 17.8. The number of halogens is 3. The topological polar surface area (TPSA) is 88.3 Å². The van der Waals surface area contributed by atoms with Crippen molar-refractivity contribution >= 4 is 35.3 Å². The Hall–Kier alpha value is -4.41. The zero-order chi connectivity index (χ0) is 25.6. The summed E-state index contributed by atoms with van der Waals surface area (Å²) in [4.78, 5) is 39.7. The monoisotopic (exact) mass is 467 g/mol. The standard InChI is InChI=1S/C9H9NO.C8H4F3NO.C8H7NO/c1-7-4-3-5-8(2)9(7)10-6-11;9-8(10,11)6-3-1-2-4-7(6)12-5-13;1-7-4-2-3-5-8(7)9-6-10/h3-5H,1-2H3;1-4H;2-5H,1H3. The first-order valence-corrected chi connectivity index (χ1v) is 9.67. The van der Waals surface area contributed by atoms with Gasteiger partial charge in [-0.1, -0.05) is 48.5 Å². The Morgan fingerprint density at radius 2 is 1.03 bits per heavy atom. The highest BCUT2D eigenvalue weighted by atomic mass is 19.4. The fourth-order valence-corrected chi connectivity index (χ4v) is 2.63. The first-order chi connectivity index (χ1) is 16.1. The number of aliphatic imine (C=N–C) groups is 3. The molecule has 0 heterocycles. The maximum Gasteiger partial charge on any atom is 0.418 e. The quantitative estimate of drug-likeness (QED) is 0.310. The predicted octanol–water partition coefficient (Wildman–Crippen LogP) is 6.91. The summed E-state index contributed by atoms with van der Waals surface area (Å²) in [5.74, 6) is 0. The lowest BCUT2D eigenvalue weighted by Crippen LogP contribution is -2.04. The maximum atomic E-state index is 12.2. The van der Waals surface area contributed by atoms with Crippen LogP contribution in [0.15, 0.2) is 81.7 Å². The van der Waals surface area contributed by atoms with Crippen molar-refractivity contribution in [2.24, 2.45) is 15.0 Å². The van der Waals surface area contributed by atoms with Crippen LogP contribution in [0, 0.1) is 20.8 Å². The van der Waals surface area contributed by atoms with Crippen LogP contribution in [0.5, 0.6) is 0 Å². The highest BCUT2D eigenvalue weighted by Crippen LogP contribution is 2.35. The minimum atomic E-state index is -4.49. The Morgan fingerprint density at radius 3 is 1.53 bits per heavy atom. The van der Waals surface area contributed by atoms with E-state index in [1.165, 1.54) is 18.2 Å². The third-order valence-electron chi connectivity index (χ3n) is 4.25. The maximum absolute atomic E-state index is 12.2. The minimum absolute atomic E-state index is 0.412. The van der Waals surface area contributed by atoms with Gasteiger partial charge >= 0.3 is 6.18 Å². The van der Waals surface area contributed by atoms with Crippen LogP contribution in [0.3, 0.4) is 0 Å². The molecule has 3 rings (SSSR count). The number of para-hydroxylation sites is 3. The van der Waals surface area contributed by atoms with E-state index in [2.05, 4.69) is 15.0 Å². The molecule has 0 aliphatic heterocycles. The number of rotatable bonds is 3. The van der Waals surface area contributed by atoms with E-state index < -0.39 is 17.4 Å². The Bertz CT molecular complexity index is 1230. The first kappa shape index (κ1) is 27.6. The fraction of sp³-hybridized carbons (Fsp3) is 0.160. The molecule has 0 N–H and O–H groups in total. The van der Waals surface area contributed by atoms with Gasteiger partial charge in [0.05, 0.1) is 22.6 Å². The molecule has 0 unspecified atom stereocenters. The van der Waals surface area contributed by atoms with Crippen LogP contribution >= 0.6 is 0 Å². The Kier molecular flexibility index (Phi) is 11.3. The number of isocyanates is 3. The van der Waals surface area contributed by atoms with E-state index in [9.17, 15) is 27.6 Å². The van der Waals surface area contributed by atoms with Crippen molar-refractivity contribution in [3.05, 3.63) is 89.0 Å². The smallest absolute Gasteiger partial charge is 0.211 e. The van der Waals surface area contributed by atoms with Crippen LogP contribution in [-0.4, -0.2) is 18.2 Å². The summed E-state index contributed by atoms with van der Waals surface area (Å²) in [6.07, 6.45) is -0.377. The molecule has 0 fully saturated rings. The van der Waals surface area contributed by atoms with E-state index in [1.54, 1.807) is 12.1 Å². The number of carbonyl (C=O) groups excluding carboxylic acids is 3. The second-order valence-corrected chi connectivity index (χ2v) is 6.65. The second kappa shape index (κ2) is 13.9. The fourth-order valence-electron chi connectivity index (χ4n) is 2.63. The number of hydrogen-bond acceptors (Lipinski definition) is 6. The van der Waals surface area contributed by atoms with Crippen molar-refractivity contribution in [3.8, 4) is 0 Å². The van der Waals surface area contributed by atoms with Crippen LogP contribution in [0.2, 0.25) is 0 Å². The summed E-state index contributed by atoms with van der Waals surface area (Å²) in [7, 11) is 0. The number of hydrogen-bond donors (Lipinski definition) is 0. The van der Waals surface area contributed by atoms with Gasteiger partial charge in [0, 0.05) is 0 Å². The van der Waals surface area contributed by atoms with Gasteiger partial charge in [-0.25, -0.2) is 14.4 Å². The molecular formula is C25H20F3N3O3. The third kappa shape index (κ3) is 8.99. The summed E-state index contributed by atoms with van der Waals surface area (Å²) < 4.78 is 36.5. The molecule has 0 saturated carbocycles. The Balaban J connectivity index is 0.000000257. The van der Waals surface area contributed by atoms with Crippen molar-refractivity contribution in [1.82, 2.24) is 0 Å². The number of aryl methyl sites for hydroxylation is 3. The minimum Gasteiger partial charge on any atom is -0.211 e. The number of alkyl halides is 3. The van der Waals surface area contributed by atoms with E-state index in [0.29, 0.717) is 5.69 Å². The number of benzene rings is 3. The Morgan fingerprint density at radius 1 is 0.588 bits per heavy atom. The van der Waals surface area contributed by atoms with E-state index in [0.717, 1.165) is 40.6 Å². The molecule has 0 radical (unpaired) electrons. The molecule has 0 amide bonds. The zero-order valence-corrected chi connectivity index (χ0v) is 18.6. The summed E-state index contributed by atoms with van der Waals surface area (Å²) >= 11 is 0. The van der Waals surface area contributed by atoms with Crippen molar-refractivity contribution in [1.29, 1.82) is 0 Å². The lowest BCUT2D eigenvalue weighted by atomic mass is 10.1. The molecule has 0 spiro atoms. The van der Waals surface area contributed by atoms with Crippen molar-refractivity contribution in [3.63, 3.8) is 0 Å². The van der Waals surface area contributed by atoms with Gasteiger partial charge in [-0.3, -0.25) is 0 Å². The SMILES string of the molecule is Cc1cccc(C)c1N=C=O.Cc1ccccc1N=C=O.O=C=Nc1ccccc1C(F)(F)F. The molecule has 0 aliphatic carbocycles. The van der Waals surface area contributed by atoms with Gasteiger partial charge < -0.3 is 0 Å². The molecule has 0 saturated heterocycles. The largest absolute Gasteiger partial charge is 0.418 e. The molecule has 6 nitrogen and oxygen atoms in total. The zero-order valence-electron chi connectivity index (χ0n) is 18.6. The van der Waals surface area contributed by atoms with Crippen LogP contribution < -0.4 is 0 Å². The van der Waals surface area contributed by atoms with E-state index in [1.807, 2.05) is 57.2 Å². The van der Waals surface area contributed by atoms with Crippen LogP contribution in [0.25, 0.3) is 0 Å². The second-order valence-electron chi connectivity index (χ2n) is 6.65. The van der Waals surface area contributed by atoms with Gasteiger partial charge in [0.2, 0.25) is 18.2 Å². The average Bonchev–Trinajstić information content (AvgIpc) is 2.79. The highest BCUT2D eigenvalue weighted by molar-refractivity contribution is 5.57. The van der Waals surface area contributed by atoms with E-state index in [-0.39, 0.29) is 0 Å². The van der Waals surface area contributed by atoms with Crippen molar-refractivity contribution < 1.29 is 27.6 Å². The Labute approximate surface area is 194 Å². The molecule has 3 aromatic rings. The molecule has 174 valence electrons. The summed E-state index contributed by atoms with van der Waals surface area (Å²) in [5, 5.41) is 0. The normalized spacial score (nSPS) is 9.47. The van der Waals surface area contributed by atoms with E-state index in [4.69, 9.17) is 0 Å². The summed E-state index contributed by atoms with van der Waals surface area (Å²) in [6.45, 7) is 5.74. The van der Waals surface area contributed by atoms with Gasteiger partial charge in [0.1, 0.15) is 0 Å². The molecular weight excluding hydrogens is 447 g/mol.